The fraction of sp³-hybridized carbons (Fsp3) is 0.480. The van der Waals surface area contributed by atoms with E-state index < -0.39 is 5.82 Å². The van der Waals surface area contributed by atoms with Crippen molar-refractivity contribution in [2.24, 2.45) is 5.41 Å². The molecule has 6 nitrogen and oxygen atoms in total. The van der Waals surface area contributed by atoms with Gasteiger partial charge in [-0.3, -0.25) is 9.78 Å². The average molecular weight is 442 g/mol. The van der Waals surface area contributed by atoms with Crippen LogP contribution in [0.1, 0.15) is 66.1 Å². The van der Waals surface area contributed by atoms with Crippen LogP contribution in [0.2, 0.25) is 0 Å². The predicted octanol–water partition coefficient (Wildman–Crippen LogP) is 5.70. The van der Waals surface area contributed by atoms with Crippen molar-refractivity contribution in [2.75, 3.05) is 10.6 Å². The molecule has 32 heavy (non-hydrogen) atoms. The largest absolute Gasteiger partial charge is 0.363 e. The lowest BCUT2D eigenvalue weighted by Gasteiger charge is -2.26. The summed E-state index contributed by atoms with van der Waals surface area (Å²) in [5.74, 6) is 0.118. The van der Waals surface area contributed by atoms with Gasteiger partial charge >= 0.3 is 0 Å². The molecule has 0 aliphatic heterocycles. The third-order valence-electron chi connectivity index (χ3n) is 5.07. The second-order valence-corrected chi connectivity index (χ2v) is 9.54. The van der Waals surface area contributed by atoms with Crippen LogP contribution >= 0.6 is 0 Å². The Hall–Kier alpha value is -2.96. The molecule has 0 bridgehead atoms. The van der Waals surface area contributed by atoms with Gasteiger partial charge in [-0.2, -0.15) is 0 Å². The summed E-state index contributed by atoms with van der Waals surface area (Å²) in [6.45, 7) is 17.6. The van der Waals surface area contributed by atoms with E-state index in [0.29, 0.717) is 23.4 Å². The maximum atomic E-state index is 14.9. The quantitative estimate of drug-likeness (QED) is 0.465. The zero-order valence-corrected chi connectivity index (χ0v) is 20.3. The van der Waals surface area contributed by atoms with Gasteiger partial charge in [-0.25, -0.2) is 9.37 Å². The first kappa shape index (κ1) is 25.3. The molecule has 7 heteroatoms. The first-order valence-corrected chi connectivity index (χ1v) is 11.0. The van der Waals surface area contributed by atoms with Crippen molar-refractivity contribution in [3.8, 4) is 0 Å². The molecular formula is C25H36FN5O. The minimum Gasteiger partial charge on any atom is -0.363 e. The van der Waals surface area contributed by atoms with Gasteiger partial charge in [0.25, 0.3) is 0 Å². The van der Waals surface area contributed by atoms with Crippen LogP contribution in [0.25, 0.3) is 5.57 Å². The fourth-order valence-corrected chi connectivity index (χ4v) is 3.15. The standard InChI is InChI=1S/C25H36FN5O/c1-9-18-12-19(10-11-27-18)30-23-20(15(2)3)13-21(26)24(31-23)29-17(5)16(4)28-22(32)14-25(6,7)8/h10-13,16-17H,2,9,14H2,1,3-8H3,(H,28,32)(H2,27,29,30,31)/t16-,17?/m0/s1. The fourth-order valence-electron chi connectivity index (χ4n) is 3.15. The Morgan fingerprint density at radius 3 is 2.47 bits per heavy atom. The molecule has 1 unspecified atom stereocenters. The topological polar surface area (TPSA) is 78.9 Å². The third-order valence-corrected chi connectivity index (χ3v) is 5.07. The summed E-state index contributed by atoms with van der Waals surface area (Å²) < 4.78 is 14.9. The molecule has 0 saturated heterocycles. The molecule has 2 aromatic rings. The molecule has 0 aliphatic carbocycles. The number of allylic oxidation sites excluding steroid dienone is 1. The molecular weight excluding hydrogens is 405 g/mol. The Balaban J connectivity index is 2.23. The number of nitrogens with zero attached hydrogens (tertiary/aromatic N) is 2. The maximum absolute atomic E-state index is 14.9. The van der Waals surface area contributed by atoms with E-state index in [0.717, 1.165) is 17.8 Å². The summed E-state index contributed by atoms with van der Waals surface area (Å²) in [4.78, 5) is 21.1. The number of nitrogens with one attached hydrogen (secondary N) is 3. The Labute approximate surface area is 191 Å². The van der Waals surface area contributed by atoms with Crippen LogP contribution in [0, 0.1) is 11.2 Å². The van der Waals surface area contributed by atoms with E-state index in [4.69, 9.17) is 0 Å². The van der Waals surface area contributed by atoms with E-state index in [2.05, 4.69) is 32.5 Å². The second-order valence-electron chi connectivity index (χ2n) is 9.54. The van der Waals surface area contributed by atoms with Crippen LogP contribution in [0.4, 0.5) is 21.7 Å². The Bertz CT molecular complexity index is 967. The Morgan fingerprint density at radius 2 is 1.88 bits per heavy atom. The van der Waals surface area contributed by atoms with E-state index in [1.54, 1.807) is 6.20 Å². The summed E-state index contributed by atoms with van der Waals surface area (Å²) in [5.41, 5.74) is 2.96. The van der Waals surface area contributed by atoms with E-state index in [1.807, 2.05) is 60.6 Å². The Morgan fingerprint density at radius 1 is 1.19 bits per heavy atom. The highest BCUT2D eigenvalue weighted by atomic mass is 19.1. The summed E-state index contributed by atoms with van der Waals surface area (Å²) in [6, 6.07) is 4.76. The van der Waals surface area contributed by atoms with Crippen molar-refractivity contribution < 1.29 is 9.18 Å². The highest BCUT2D eigenvalue weighted by Crippen LogP contribution is 2.29. The lowest BCUT2D eigenvalue weighted by Crippen LogP contribution is -2.44. The normalized spacial score (nSPS) is 13.2. The first-order valence-electron chi connectivity index (χ1n) is 11.0. The second kappa shape index (κ2) is 10.6. The van der Waals surface area contributed by atoms with Crippen LogP contribution in [0.3, 0.4) is 0 Å². The first-order chi connectivity index (χ1) is 14.9. The zero-order chi connectivity index (χ0) is 24.1. The molecule has 0 aromatic carbocycles. The van der Waals surface area contributed by atoms with Gasteiger partial charge in [-0.1, -0.05) is 34.3 Å². The molecule has 3 N–H and O–H groups in total. The van der Waals surface area contributed by atoms with E-state index >= 15 is 0 Å². The number of aromatic nitrogens is 2. The maximum Gasteiger partial charge on any atom is 0.220 e. The van der Waals surface area contributed by atoms with E-state index in [-0.39, 0.29) is 29.2 Å². The minimum atomic E-state index is -0.474. The van der Waals surface area contributed by atoms with Crippen molar-refractivity contribution in [3.05, 3.63) is 48.0 Å². The molecule has 0 radical (unpaired) electrons. The van der Waals surface area contributed by atoms with Crippen LogP contribution in [-0.2, 0) is 11.2 Å². The van der Waals surface area contributed by atoms with Gasteiger partial charge in [0.2, 0.25) is 5.91 Å². The van der Waals surface area contributed by atoms with Crippen LogP contribution in [0.5, 0.6) is 0 Å². The summed E-state index contributed by atoms with van der Waals surface area (Å²) in [5, 5.41) is 9.36. The number of anilines is 3. The lowest BCUT2D eigenvalue weighted by molar-refractivity contribution is -0.123. The molecule has 2 rings (SSSR count). The van der Waals surface area contributed by atoms with Gasteiger partial charge in [-0.05, 0) is 56.4 Å². The van der Waals surface area contributed by atoms with Gasteiger partial charge in [0, 0.05) is 41.6 Å². The zero-order valence-electron chi connectivity index (χ0n) is 20.3. The SMILES string of the molecule is C=C(C)c1cc(F)c(NC(C)[C@H](C)NC(=O)CC(C)(C)C)nc1Nc1ccnc(CC)c1. The molecule has 0 aliphatic rings. The number of carbonyl (C=O) groups is 1. The average Bonchev–Trinajstić information content (AvgIpc) is 2.68. The number of hydrogen-bond acceptors (Lipinski definition) is 5. The molecule has 0 spiro atoms. The van der Waals surface area contributed by atoms with E-state index in [9.17, 15) is 9.18 Å². The monoisotopic (exact) mass is 441 g/mol. The Kier molecular flexibility index (Phi) is 8.36. The molecule has 2 heterocycles. The number of amides is 1. The summed E-state index contributed by atoms with van der Waals surface area (Å²) in [7, 11) is 0. The van der Waals surface area contributed by atoms with Crippen molar-refractivity contribution in [1.29, 1.82) is 0 Å². The van der Waals surface area contributed by atoms with Crippen LogP contribution in [0.15, 0.2) is 31.0 Å². The highest BCUT2D eigenvalue weighted by molar-refractivity contribution is 5.77. The summed E-state index contributed by atoms with van der Waals surface area (Å²) >= 11 is 0. The molecule has 2 aromatic heterocycles. The van der Waals surface area contributed by atoms with Crippen molar-refractivity contribution in [2.45, 2.75) is 73.4 Å². The lowest BCUT2D eigenvalue weighted by atomic mass is 9.92. The van der Waals surface area contributed by atoms with Crippen LogP contribution < -0.4 is 16.0 Å². The smallest absolute Gasteiger partial charge is 0.220 e. The number of pyridine rings is 2. The minimum absolute atomic E-state index is 0.0310. The van der Waals surface area contributed by atoms with Crippen molar-refractivity contribution in [3.63, 3.8) is 0 Å². The van der Waals surface area contributed by atoms with Crippen LogP contribution in [-0.4, -0.2) is 28.0 Å². The molecule has 2 atom stereocenters. The number of halogens is 1. The van der Waals surface area contributed by atoms with Gasteiger partial charge < -0.3 is 16.0 Å². The van der Waals surface area contributed by atoms with Gasteiger partial charge in [0.05, 0.1) is 0 Å². The molecule has 0 saturated carbocycles. The van der Waals surface area contributed by atoms with Gasteiger partial charge in [-0.15, -0.1) is 0 Å². The van der Waals surface area contributed by atoms with Crippen molar-refractivity contribution in [1.82, 2.24) is 15.3 Å². The van der Waals surface area contributed by atoms with Gasteiger partial charge in [0.1, 0.15) is 5.82 Å². The van der Waals surface area contributed by atoms with Crippen molar-refractivity contribution >= 4 is 28.8 Å². The van der Waals surface area contributed by atoms with Gasteiger partial charge in [0.15, 0.2) is 11.6 Å². The predicted molar refractivity (Wildman–Crippen MR) is 131 cm³/mol. The molecule has 0 fully saturated rings. The number of rotatable bonds is 9. The molecule has 174 valence electrons. The molecule has 1 amide bonds. The summed E-state index contributed by atoms with van der Waals surface area (Å²) in [6.07, 6.45) is 2.96. The number of aryl methyl sites for hydroxylation is 1. The highest BCUT2D eigenvalue weighted by Gasteiger charge is 2.21. The number of carbonyl (C=O) groups excluding carboxylic acids is 1. The number of hydrogen-bond donors (Lipinski definition) is 3. The van der Waals surface area contributed by atoms with E-state index in [1.165, 1.54) is 6.07 Å². The third kappa shape index (κ3) is 7.32.